The second-order valence-corrected chi connectivity index (χ2v) is 4.81. The molecule has 1 aromatic carbocycles. The van der Waals surface area contributed by atoms with Crippen molar-refractivity contribution in [2.75, 3.05) is 0 Å². The summed E-state index contributed by atoms with van der Waals surface area (Å²) < 4.78 is 5.93. The zero-order chi connectivity index (χ0) is 16.2. The number of nitriles is 2. The van der Waals surface area contributed by atoms with Gasteiger partial charge in [0.05, 0.1) is 25.0 Å². The van der Waals surface area contributed by atoms with Crippen molar-refractivity contribution in [2.24, 2.45) is 0 Å². The van der Waals surface area contributed by atoms with Crippen molar-refractivity contribution in [3.8, 4) is 12.1 Å². The van der Waals surface area contributed by atoms with Crippen molar-refractivity contribution in [2.45, 2.75) is 32.8 Å². The molecule has 0 aliphatic rings. The highest BCUT2D eigenvalue weighted by Gasteiger charge is 2.11. The molecule has 0 aliphatic carbocycles. The highest BCUT2D eigenvalue weighted by molar-refractivity contribution is 5.34. The lowest BCUT2D eigenvalue weighted by Crippen LogP contribution is -2.01. The molecule has 0 radical (unpaired) electrons. The summed E-state index contributed by atoms with van der Waals surface area (Å²) in [5.74, 6) is 0.647. The number of hydrogen-bond donors (Lipinski definition) is 0. The summed E-state index contributed by atoms with van der Waals surface area (Å²) in [4.78, 5) is 0. The molecule has 0 saturated heterocycles. The van der Waals surface area contributed by atoms with Gasteiger partial charge in [-0.05, 0) is 24.5 Å². The maximum absolute atomic E-state index is 9.02. The average molecular weight is 292 g/mol. The molecule has 0 aromatic heterocycles. The van der Waals surface area contributed by atoms with E-state index in [9.17, 15) is 0 Å². The van der Waals surface area contributed by atoms with Crippen molar-refractivity contribution < 1.29 is 4.74 Å². The van der Waals surface area contributed by atoms with Gasteiger partial charge in [-0.1, -0.05) is 42.5 Å². The van der Waals surface area contributed by atoms with Gasteiger partial charge >= 0.3 is 0 Å². The fraction of sp³-hybridized carbons (Fsp3) is 0.263. The first kappa shape index (κ1) is 17.3. The largest absolute Gasteiger partial charge is 0.489 e. The maximum Gasteiger partial charge on any atom is 0.123 e. The number of allylic oxidation sites excluding steroid dienone is 4. The van der Waals surface area contributed by atoms with Crippen molar-refractivity contribution in [3.63, 3.8) is 0 Å². The third kappa shape index (κ3) is 5.69. The quantitative estimate of drug-likeness (QED) is 0.392. The van der Waals surface area contributed by atoms with E-state index in [4.69, 9.17) is 15.3 Å². The first-order valence-electron chi connectivity index (χ1n) is 7.13. The van der Waals surface area contributed by atoms with Crippen LogP contribution in [0.4, 0.5) is 0 Å². The Labute approximate surface area is 132 Å². The van der Waals surface area contributed by atoms with E-state index in [1.807, 2.05) is 43.3 Å². The van der Waals surface area contributed by atoms with Crippen LogP contribution in [0.1, 0.15) is 31.7 Å². The molecule has 0 unspecified atom stereocenters. The minimum atomic E-state index is 0.251. The van der Waals surface area contributed by atoms with Crippen LogP contribution in [-0.2, 0) is 11.3 Å². The Morgan fingerprint density at radius 3 is 2.45 bits per heavy atom. The summed E-state index contributed by atoms with van der Waals surface area (Å²) in [5, 5.41) is 17.9. The molecule has 0 N–H and O–H groups in total. The minimum absolute atomic E-state index is 0.251. The molecule has 1 aromatic rings. The Balaban J connectivity index is 3.02. The smallest absolute Gasteiger partial charge is 0.123 e. The maximum atomic E-state index is 9.02. The van der Waals surface area contributed by atoms with Gasteiger partial charge in [0.1, 0.15) is 12.4 Å². The van der Waals surface area contributed by atoms with Gasteiger partial charge in [0, 0.05) is 5.57 Å². The normalized spacial score (nSPS) is 11.9. The molecule has 0 atom stereocenters. The fourth-order valence-corrected chi connectivity index (χ4v) is 1.97. The molecule has 22 heavy (non-hydrogen) atoms. The predicted molar refractivity (Wildman–Crippen MR) is 87.3 cm³/mol. The van der Waals surface area contributed by atoms with Gasteiger partial charge in [-0.3, -0.25) is 0 Å². The Morgan fingerprint density at radius 1 is 1.18 bits per heavy atom. The second kappa shape index (κ2) is 10.0. The van der Waals surface area contributed by atoms with Crippen LogP contribution in [0.2, 0.25) is 0 Å². The summed E-state index contributed by atoms with van der Waals surface area (Å²) in [6.45, 7) is 5.97. The molecule has 112 valence electrons. The molecular formula is C19H20N2O. The minimum Gasteiger partial charge on any atom is -0.489 e. The Kier molecular flexibility index (Phi) is 7.87. The highest BCUT2D eigenvalue weighted by atomic mass is 16.5. The van der Waals surface area contributed by atoms with E-state index in [1.54, 1.807) is 6.08 Å². The van der Waals surface area contributed by atoms with Crippen LogP contribution in [0.15, 0.2) is 66.0 Å². The lowest BCUT2D eigenvalue weighted by Gasteiger charge is -2.15. The summed E-state index contributed by atoms with van der Waals surface area (Å²) >= 11 is 0. The molecule has 0 aliphatic heterocycles. The van der Waals surface area contributed by atoms with Gasteiger partial charge < -0.3 is 4.74 Å². The van der Waals surface area contributed by atoms with Crippen molar-refractivity contribution in [1.29, 1.82) is 10.5 Å². The van der Waals surface area contributed by atoms with E-state index in [0.717, 1.165) is 16.7 Å². The second-order valence-electron chi connectivity index (χ2n) is 4.81. The summed E-state index contributed by atoms with van der Waals surface area (Å²) in [5.41, 5.74) is 2.69. The molecular weight excluding hydrogens is 272 g/mol. The Morgan fingerprint density at radius 2 is 1.86 bits per heavy atom. The van der Waals surface area contributed by atoms with E-state index in [-0.39, 0.29) is 12.8 Å². The monoisotopic (exact) mass is 292 g/mol. The average Bonchev–Trinajstić information content (AvgIpc) is 2.54. The number of hydrogen-bond acceptors (Lipinski definition) is 3. The topological polar surface area (TPSA) is 56.8 Å². The summed E-state index contributed by atoms with van der Waals surface area (Å²) in [6.07, 6.45) is 4.89. The molecule has 0 spiro atoms. The molecule has 0 saturated carbocycles. The molecule has 0 heterocycles. The zero-order valence-electron chi connectivity index (χ0n) is 12.9. The third-order valence-corrected chi connectivity index (χ3v) is 3.05. The highest BCUT2D eigenvalue weighted by Crippen LogP contribution is 2.23. The number of rotatable bonds is 8. The predicted octanol–water partition coefficient (Wildman–Crippen LogP) is 4.81. The number of ether oxygens (including phenoxy) is 1. The lowest BCUT2D eigenvalue weighted by atomic mass is 10.0. The van der Waals surface area contributed by atoms with E-state index in [0.29, 0.717) is 18.8 Å². The third-order valence-electron chi connectivity index (χ3n) is 3.05. The van der Waals surface area contributed by atoms with Crippen LogP contribution in [0.5, 0.6) is 0 Å². The van der Waals surface area contributed by atoms with Gasteiger partial charge in [0.2, 0.25) is 0 Å². The molecule has 0 fully saturated rings. The molecule has 0 bridgehead atoms. The Hall–Kier alpha value is -2.78. The molecule has 1 rings (SSSR count). The van der Waals surface area contributed by atoms with E-state index >= 15 is 0 Å². The van der Waals surface area contributed by atoms with Crippen molar-refractivity contribution in [1.82, 2.24) is 0 Å². The number of nitrogens with zero attached hydrogens (tertiary/aromatic N) is 2. The van der Waals surface area contributed by atoms with Gasteiger partial charge in [-0.15, -0.1) is 6.58 Å². The van der Waals surface area contributed by atoms with E-state index < -0.39 is 0 Å². The van der Waals surface area contributed by atoms with Crippen LogP contribution in [0, 0.1) is 22.7 Å². The van der Waals surface area contributed by atoms with E-state index in [2.05, 4.69) is 18.7 Å². The first-order chi connectivity index (χ1) is 10.7. The zero-order valence-corrected chi connectivity index (χ0v) is 12.9. The Bertz CT molecular complexity index is 628. The van der Waals surface area contributed by atoms with Crippen molar-refractivity contribution in [3.05, 3.63) is 71.5 Å². The standard InChI is InChI=1S/C19H20N2O/c1-3-4-10-18(12-14-21)19(16(2)11-13-20)22-15-17-8-6-5-7-9-17/h3,5-10H,1,4,11-12,15H2,2H3. The number of benzene rings is 1. The molecule has 3 nitrogen and oxygen atoms in total. The van der Waals surface area contributed by atoms with Gasteiger partial charge in [-0.25, -0.2) is 0 Å². The summed E-state index contributed by atoms with van der Waals surface area (Å²) in [7, 11) is 0. The van der Waals surface area contributed by atoms with Crippen LogP contribution in [-0.4, -0.2) is 0 Å². The lowest BCUT2D eigenvalue weighted by molar-refractivity contribution is 0.202. The van der Waals surface area contributed by atoms with Crippen LogP contribution >= 0.6 is 0 Å². The van der Waals surface area contributed by atoms with Gasteiger partial charge in [0.15, 0.2) is 0 Å². The van der Waals surface area contributed by atoms with Crippen LogP contribution in [0.3, 0.4) is 0 Å². The fourth-order valence-electron chi connectivity index (χ4n) is 1.97. The SMILES string of the molecule is C=CCC=C(CC#N)C(OCc1ccccc1)=C(C)CC#N. The molecule has 0 amide bonds. The van der Waals surface area contributed by atoms with Gasteiger partial charge in [-0.2, -0.15) is 10.5 Å². The van der Waals surface area contributed by atoms with Crippen LogP contribution < -0.4 is 0 Å². The van der Waals surface area contributed by atoms with Crippen molar-refractivity contribution >= 4 is 0 Å². The summed E-state index contributed by atoms with van der Waals surface area (Å²) in [6, 6.07) is 14.1. The van der Waals surface area contributed by atoms with E-state index in [1.165, 1.54) is 0 Å². The molecule has 3 heteroatoms. The first-order valence-corrected chi connectivity index (χ1v) is 7.13. The van der Waals surface area contributed by atoms with Gasteiger partial charge in [0.25, 0.3) is 0 Å². The van der Waals surface area contributed by atoms with Crippen LogP contribution in [0.25, 0.3) is 0 Å².